The summed E-state index contributed by atoms with van der Waals surface area (Å²) in [5.41, 5.74) is 11.8. The van der Waals surface area contributed by atoms with E-state index >= 15 is 0 Å². The fourth-order valence-electron chi connectivity index (χ4n) is 8.59. The summed E-state index contributed by atoms with van der Waals surface area (Å²) in [6.07, 6.45) is 4.16. The largest absolute Gasteiger partial charge is 0.509 e. The van der Waals surface area contributed by atoms with E-state index in [4.69, 9.17) is 9.72 Å². The van der Waals surface area contributed by atoms with E-state index in [1.807, 2.05) is 12.3 Å². The molecule has 6 heteroatoms. The van der Waals surface area contributed by atoms with Gasteiger partial charge >= 0.3 is 0 Å². The topological polar surface area (TPSA) is 33.5 Å². The van der Waals surface area contributed by atoms with Crippen LogP contribution in [0.5, 0.6) is 11.5 Å². The first kappa shape index (κ1) is 45.7. The Morgan fingerprint density at radius 2 is 1.17 bits per heavy atom. The van der Waals surface area contributed by atoms with Crippen molar-refractivity contribution in [2.45, 2.75) is 97.8 Å². The molecule has 1 aliphatic rings. The van der Waals surface area contributed by atoms with Gasteiger partial charge in [-0.25, -0.2) is 4.98 Å². The minimum absolute atomic E-state index is 0. The summed E-state index contributed by atoms with van der Waals surface area (Å²) in [7, 11) is 0. The molecule has 0 saturated heterocycles. The predicted octanol–water partition coefficient (Wildman–Crippen LogP) is 15.2. The van der Waals surface area contributed by atoms with Gasteiger partial charge in [0.25, 0.3) is 0 Å². The number of benzene rings is 6. The van der Waals surface area contributed by atoms with E-state index in [1.165, 1.54) is 22.3 Å². The number of hydrogen-bond acceptors (Lipinski definition) is 4. The summed E-state index contributed by atoms with van der Waals surface area (Å²) in [6.45, 7) is 27.1. The van der Waals surface area contributed by atoms with Gasteiger partial charge in [0.1, 0.15) is 5.82 Å². The van der Waals surface area contributed by atoms with Crippen LogP contribution in [0.1, 0.15) is 110 Å². The van der Waals surface area contributed by atoms with Gasteiger partial charge in [0.2, 0.25) is 0 Å². The average molecular weight is 1040 g/mol. The Kier molecular flexibility index (Phi) is 12.0. The molecule has 1 aliphatic heterocycles. The molecule has 0 N–H and O–H groups in total. The molecule has 0 fully saturated rings. The maximum Gasteiger partial charge on any atom is 0.135 e. The van der Waals surface area contributed by atoms with Crippen LogP contribution in [-0.2, 0) is 42.7 Å². The molecule has 0 atom stereocenters. The molecule has 0 aliphatic carbocycles. The third-order valence-electron chi connectivity index (χ3n) is 12.7. The first-order chi connectivity index (χ1) is 30.3. The minimum Gasteiger partial charge on any atom is -0.509 e. The number of para-hydroxylation sites is 1. The Balaban J connectivity index is 0.00000576. The number of fused-ring (bicyclic) bond motifs is 3. The zero-order valence-electron chi connectivity index (χ0n) is 39.5. The molecule has 0 amide bonds. The van der Waals surface area contributed by atoms with Crippen LogP contribution in [0, 0.1) is 18.8 Å². The second-order valence-corrected chi connectivity index (χ2v) is 20.8. The van der Waals surface area contributed by atoms with E-state index < -0.39 is 0 Å². The van der Waals surface area contributed by atoms with Gasteiger partial charge in [-0.3, -0.25) is 0 Å². The molecule has 0 bridgehead atoms. The van der Waals surface area contributed by atoms with Crippen molar-refractivity contribution < 1.29 is 25.8 Å². The summed E-state index contributed by atoms with van der Waals surface area (Å²) in [5.74, 6) is 2.08. The number of rotatable bonds is 8. The van der Waals surface area contributed by atoms with Crippen molar-refractivity contribution in [3.63, 3.8) is 0 Å². The van der Waals surface area contributed by atoms with Crippen molar-refractivity contribution in [1.82, 2.24) is 9.55 Å². The summed E-state index contributed by atoms with van der Waals surface area (Å²) in [4.78, 5) is 9.41. The van der Waals surface area contributed by atoms with Crippen LogP contribution in [0.25, 0.3) is 33.3 Å². The van der Waals surface area contributed by atoms with Gasteiger partial charge in [-0.1, -0.05) is 167 Å². The molecule has 3 heterocycles. The van der Waals surface area contributed by atoms with Gasteiger partial charge in [-0.15, -0.1) is 53.6 Å². The summed E-state index contributed by atoms with van der Waals surface area (Å²) >= 11 is 0. The van der Waals surface area contributed by atoms with Crippen LogP contribution in [0.3, 0.4) is 0 Å². The Hall–Kier alpha value is -5.90. The molecule has 8 aromatic rings. The second-order valence-electron chi connectivity index (χ2n) is 20.8. The molecule has 6 aromatic carbocycles. The Labute approximate surface area is 401 Å². The van der Waals surface area contributed by atoms with E-state index in [1.54, 1.807) is 0 Å². The van der Waals surface area contributed by atoms with Gasteiger partial charge < -0.3 is 19.1 Å². The van der Waals surface area contributed by atoms with E-state index in [0.29, 0.717) is 11.5 Å². The summed E-state index contributed by atoms with van der Waals surface area (Å²) < 4.78 is 9.08. The maximum absolute atomic E-state index is 6.87. The van der Waals surface area contributed by atoms with Crippen molar-refractivity contribution in [1.29, 1.82) is 0 Å². The van der Waals surface area contributed by atoms with Crippen LogP contribution in [0.4, 0.5) is 11.4 Å². The quantitative estimate of drug-likeness (QED) is 0.142. The van der Waals surface area contributed by atoms with Crippen LogP contribution in [0.2, 0.25) is 0 Å². The number of pyridine rings is 1. The first-order valence-corrected chi connectivity index (χ1v) is 22.4. The fourth-order valence-corrected chi connectivity index (χ4v) is 8.59. The number of aromatic nitrogens is 2. The van der Waals surface area contributed by atoms with Crippen LogP contribution in [-0.4, -0.2) is 9.55 Å². The SMILES string of the molecule is CC(C)(C)c1cc(Oc2[c-]c3c(cc2)c2ccccc2n3-c2cc(C(C)(C)C)ccn2)[c-]c(N2[CH-]N(c3cc(C(C)(C)C)cc(C(C)(C)c4ccccc4)c3)C=C2c2ccccc2)c1.[Pt]. The predicted molar refractivity (Wildman–Crippen MR) is 268 cm³/mol. The van der Waals surface area contributed by atoms with E-state index in [9.17, 15) is 0 Å². The number of nitrogens with zero attached hydrogens (tertiary/aromatic N) is 4. The molecule has 5 nitrogen and oxygen atoms in total. The molecule has 0 radical (unpaired) electrons. The molecule has 2 aromatic heterocycles. The van der Waals surface area contributed by atoms with Crippen LogP contribution in [0.15, 0.2) is 152 Å². The van der Waals surface area contributed by atoms with Crippen molar-refractivity contribution >= 4 is 38.9 Å². The Morgan fingerprint density at radius 1 is 0.538 bits per heavy atom. The Bertz CT molecular complexity index is 3030. The van der Waals surface area contributed by atoms with Gasteiger partial charge in [-0.05, 0) is 86.0 Å². The molecule has 65 heavy (non-hydrogen) atoms. The van der Waals surface area contributed by atoms with Crippen molar-refractivity contribution in [2.75, 3.05) is 9.80 Å². The molecule has 0 spiro atoms. The molecule has 0 saturated carbocycles. The Morgan fingerprint density at radius 3 is 1.86 bits per heavy atom. The van der Waals surface area contributed by atoms with Gasteiger partial charge in [0.15, 0.2) is 0 Å². The van der Waals surface area contributed by atoms with Crippen LogP contribution >= 0.6 is 0 Å². The maximum atomic E-state index is 6.87. The molecular weight excluding hydrogens is 976 g/mol. The smallest absolute Gasteiger partial charge is 0.135 e. The number of hydrogen-bond donors (Lipinski definition) is 0. The van der Waals surface area contributed by atoms with Crippen molar-refractivity contribution in [3.05, 3.63) is 204 Å². The monoisotopic (exact) mass is 1030 g/mol. The van der Waals surface area contributed by atoms with E-state index in [2.05, 4.69) is 249 Å². The van der Waals surface area contributed by atoms with E-state index in [0.717, 1.165) is 55.8 Å². The van der Waals surface area contributed by atoms with Crippen molar-refractivity contribution in [3.8, 4) is 17.3 Å². The number of ether oxygens (including phenoxy) is 1. The zero-order chi connectivity index (χ0) is 45.2. The fraction of sp³-hybridized carbons (Fsp3) is 0.254. The molecule has 9 rings (SSSR count). The van der Waals surface area contributed by atoms with Gasteiger partial charge in [-0.2, -0.15) is 6.07 Å². The van der Waals surface area contributed by atoms with Crippen LogP contribution < -0.4 is 14.5 Å². The number of anilines is 2. The van der Waals surface area contributed by atoms with Crippen molar-refractivity contribution in [2.24, 2.45) is 0 Å². The zero-order valence-corrected chi connectivity index (χ0v) is 41.8. The summed E-state index contributed by atoms with van der Waals surface area (Å²) in [5, 5.41) is 2.24. The molecule has 0 unspecified atom stereocenters. The molecular formula is C59H59N4OPt-3. The first-order valence-electron chi connectivity index (χ1n) is 22.4. The standard InChI is InChI=1S/C59H59N4O.Pt/c1-56(2,3)42-28-29-60-55(35-42)63-52-25-19-18-24-50(52)51-27-26-48(37-53(51)63)64-49-34-44(58(7,8)9)32-47(36-49)62-39-61(38-54(62)40-20-14-12-15-21-40)46-31-43(57(4,5)6)30-45(33-46)59(10,11)41-22-16-13-17-23-41;/h12-35,38-39H,1-11H3;/q-3;. The van der Waals surface area contributed by atoms with Gasteiger partial charge in [0.05, 0.1) is 0 Å². The summed E-state index contributed by atoms with van der Waals surface area (Å²) in [6, 6.07) is 57.2. The minimum atomic E-state index is -0.217. The third-order valence-corrected chi connectivity index (χ3v) is 12.7. The normalized spacial score (nSPS) is 13.6. The van der Waals surface area contributed by atoms with Gasteiger partial charge in [0, 0.05) is 61.1 Å². The second kappa shape index (κ2) is 17.1. The van der Waals surface area contributed by atoms with E-state index in [-0.39, 0.29) is 42.7 Å². The molecule has 334 valence electrons. The third kappa shape index (κ3) is 9.05. The average Bonchev–Trinajstić information content (AvgIpc) is 3.86.